The van der Waals surface area contributed by atoms with Gasteiger partial charge in [-0.25, -0.2) is 0 Å². The molecular weight excluding hydrogens is 194 g/mol. The van der Waals surface area contributed by atoms with Gasteiger partial charge in [-0.15, -0.1) is 0 Å². The smallest absolute Gasteiger partial charge is 0.223 e. The number of phenolic OH excluding ortho intramolecular Hbond substituents is 1. The summed E-state index contributed by atoms with van der Waals surface area (Å²) in [6.07, 6.45) is 2.13. The lowest BCUT2D eigenvalue weighted by Gasteiger charge is -2.11. The van der Waals surface area contributed by atoms with Crippen LogP contribution in [-0.2, 0) is 11.2 Å². The molecule has 1 rings (SSSR count). The number of nitrogens with one attached hydrogen (secondary N) is 2. The van der Waals surface area contributed by atoms with Gasteiger partial charge in [0.25, 0.3) is 0 Å². The molecule has 0 spiro atoms. The molecule has 0 saturated heterocycles. The van der Waals surface area contributed by atoms with E-state index in [4.69, 9.17) is 16.2 Å². The largest absolute Gasteiger partial charge is 0.508 e. The lowest BCUT2D eigenvalue weighted by atomic mass is 10.1. The van der Waals surface area contributed by atoms with Gasteiger partial charge in [0.1, 0.15) is 5.75 Å². The maximum absolute atomic E-state index is 10.5. The number of guanidine groups is 1. The van der Waals surface area contributed by atoms with Crippen LogP contribution < -0.4 is 11.1 Å². The van der Waals surface area contributed by atoms with Gasteiger partial charge >= 0.3 is 0 Å². The summed E-state index contributed by atoms with van der Waals surface area (Å²) < 4.78 is 0. The van der Waals surface area contributed by atoms with Crippen molar-refractivity contribution in [3.63, 3.8) is 0 Å². The Morgan fingerprint density at radius 3 is 2.60 bits per heavy atom. The molecule has 0 fully saturated rings. The van der Waals surface area contributed by atoms with E-state index < -0.39 is 6.04 Å². The van der Waals surface area contributed by atoms with Crippen molar-refractivity contribution in [1.29, 1.82) is 5.41 Å². The molecule has 0 aliphatic carbocycles. The molecule has 0 aromatic heterocycles. The number of hydrogen-bond donors (Lipinski definition) is 4. The van der Waals surface area contributed by atoms with E-state index in [9.17, 15) is 4.79 Å². The average molecular weight is 206 g/mol. The highest BCUT2D eigenvalue weighted by Gasteiger charge is 2.09. The molecular formula is C10H12N3O2. The standard InChI is InChI=1S/C10H12N3O2/c11-10(12)13-8(6-14)5-7-1-3-9(15)4-2-7/h1-4,8,15H,5H2,(H4,11,12,13). The van der Waals surface area contributed by atoms with Crippen molar-refractivity contribution in [3.8, 4) is 5.75 Å². The SMILES string of the molecule is N=C(N)NC([C]=O)Cc1ccc(O)cc1. The molecule has 5 N–H and O–H groups in total. The fraction of sp³-hybridized carbons (Fsp3) is 0.200. The molecule has 1 aromatic rings. The third-order valence-electron chi connectivity index (χ3n) is 1.85. The van der Waals surface area contributed by atoms with E-state index in [1.54, 1.807) is 18.4 Å². The summed E-state index contributed by atoms with van der Waals surface area (Å²) in [6, 6.07) is 5.82. The minimum absolute atomic E-state index is 0.171. The third kappa shape index (κ3) is 3.68. The second-order valence-electron chi connectivity index (χ2n) is 3.10. The molecule has 0 aliphatic heterocycles. The highest BCUT2D eigenvalue weighted by Crippen LogP contribution is 2.10. The van der Waals surface area contributed by atoms with E-state index in [2.05, 4.69) is 5.32 Å². The number of carbonyl (C=O) groups excluding carboxylic acids is 1. The Kier molecular flexibility index (Phi) is 3.68. The predicted molar refractivity (Wildman–Crippen MR) is 56.3 cm³/mol. The minimum atomic E-state index is -0.632. The van der Waals surface area contributed by atoms with E-state index in [0.717, 1.165) is 5.56 Å². The maximum atomic E-state index is 10.5. The molecule has 1 atom stereocenters. The van der Waals surface area contributed by atoms with Crippen LogP contribution in [0, 0.1) is 5.41 Å². The average Bonchev–Trinajstić information content (AvgIpc) is 2.19. The lowest BCUT2D eigenvalue weighted by molar-refractivity contribution is 0.475. The third-order valence-corrected chi connectivity index (χ3v) is 1.85. The zero-order valence-corrected chi connectivity index (χ0v) is 8.03. The molecule has 0 bridgehead atoms. The maximum Gasteiger partial charge on any atom is 0.223 e. The van der Waals surface area contributed by atoms with Crippen LogP contribution in [0.5, 0.6) is 5.75 Å². The summed E-state index contributed by atoms with van der Waals surface area (Å²) in [4.78, 5) is 10.5. The Bertz CT molecular complexity index is 348. The normalized spacial score (nSPS) is 11.7. The van der Waals surface area contributed by atoms with Crippen LogP contribution >= 0.6 is 0 Å². The molecule has 0 saturated carbocycles. The van der Waals surface area contributed by atoms with E-state index >= 15 is 0 Å². The van der Waals surface area contributed by atoms with E-state index in [0.29, 0.717) is 6.42 Å². The Labute approximate surface area is 87.4 Å². The van der Waals surface area contributed by atoms with Crippen molar-refractivity contribution >= 4 is 12.2 Å². The number of hydrogen-bond acceptors (Lipinski definition) is 3. The van der Waals surface area contributed by atoms with Crippen LogP contribution in [0.15, 0.2) is 24.3 Å². The molecule has 0 amide bonds. The Morgan fingerprint density at radius 2 is 2.13 bits per heavy atom. The molecule has 0 aliphatic rings. The monoisotopic (exact) mass is 206 g/mol. The van der Waals surface area contributed by atoms with Gasteiger partial charge in [-0.1, -0.05) is 12.1 Å². The van der Waals surface area contributed by atoms with Crippen LogP contribution in [0.2, 0.25) is 0 Å². The molecule has 1 unspecified atom stereocenters. The minimum Gasteiger partial charge on any atom is -0.508 e. The molecule has 1 radical (unpaired) electrons. The van der Waals surface area contributed by atoms with Gasteiger partial charge in [-0.2, -0.15) is 0 Å². The van der Waals surface area contributed by atoms with Gasteiger partial charge in [-0.3, -0.25) is 10.2 Å². The molecule has 1 aromatic carbocycles. The van der Waals surface area contributed by atoms with Crippen molar-refractivity contribution in [1.82, 2.24) is 5.32 Å². The fourth-order valence-corrected chi connectivity index (χ4v) is 1.18. The Balaban J connectivity index is 2.62. The zero-order chi connectivity index (χ0) is 11.3. The Hall–Kier alpha value is -2.04. The summed E-state index contributed by atoms with van der Waals surface area (Å²) in [7, 11) is 0. The van der Waals surface area contributed by atoms with Crippen molar-refractivity contribution in [3.05, 3.63) is 29.8 Å². The van der Waals surface area contributed by atoms with E-state index in [-0.39, 0.29) is 11.7 Å². The highest BCUT2D eigenvalue weighted by atomic mass is 16.3. The van der Waals surface area contributed by atoms with Crippen LogP contribution in [-0.4, -0.2) is 23.4 Å². The van der Waals surface area contributed by atoms with Crippen molar-refractivity contribution in [2.45, 2.75) is 12.5 Å². The summed E-state index contributed by atoms with van der Waals surface area (Å²) in [5.74, 6) is -0.0907. The van der Waals surface area contributed by atoms with Crippen LogP contribution in [0.4, 0.5) is 0 Å². The van der Waals surface area contributed by atoms with Gasteiger partial charge in [0, 0.05) is 6.42 Å². The molecule has 15 heavy (non-hydrogen) atoms. The van der Waals surface area contributed by atoms with Gasteiger partial charge in [0.2, 0.25) is 6.29 Å². The van der Waals surface area contributed by atoms with Crippen molar-refractivity contribution in [2.24, 2.45) is 5.73 Å². The predicted octanol–water partition coefficient (Wildman–Crippen LogP) is -0.104. The first-order valence-electron chi connectivity index (χ1n) is 4.38. The highest BCUT2D eigenvalue weighted by molar-refractivity contribution is 5.78. The first-order valence-corrected chi connectivity index (χ1v) is 4.38. The summed E-state index contributed by atoms with van der Waals surface area (Å²) in [6.45, 7) is 0. The molecule has 0 heterocycles. The van der Waals surface area contributed by atoms with Crippen molar-refractivity contribution in [2.75, 3.05) is 0 Å². The fourth-order valence-electron chi connectivity index (χ4n) is 1.18. The quantitative estimate of drug-likeness (QED) is 0.408. The lowest BCUT2D eigenvalue weighted by Crippen LogP contribution is -2.41. The molecule has 5 nitrogen and oxygen atoms in total. The number of aromatic hydroxyl groups is 1. The van der Waals surface area contributed by atoms with E-state index in [1.165, 1.54) is 12.1 Å². The number of rotatable bonds is 4. The van der Waals surface area contributed by atoms with E-state index in [1.807, 2.05) is 0 Å². The van der Waals surface area contributed by atoms with Crippen LogP contribution in [0.25, 0.3) is 0 Å². The summed E-state index contributed by atoms with van der Waals surface area (Å²) >= 11 is 0. The number of phenols is 1. The van der Waals surface area contributed by atoms with Gasteiger partial charge in [0.05, 0.1) is 6.04 Å². The van der Waals surface area contributed by atoms with Crippen LogP contribution in [0.3, 0.4) is 0 Å². The summed E-state index contributed by atoms with van der Waals surface area (Å²) in [5.41, 5.74) is 5.96. The Morgan fingerprint density at radius 1 is 1.53 bits per heavy atom. The van der Waals surface area contributed by atoms with Crippen molar-refractivity contribution < 1.29 is 9.90 Å². The number of benzene rings is 1. The van der Waals surface area contributed by atoms with Gasteiger partial charge < -0.3 is 16.2 Å². The summed E-state index contributed by atoms with van der Waals surface area (Å²) in [5, 5.41) is 18.5. The molecule has 79 valence electrons. The van der Waals surface area contributed by atoms with Crippen LogP contribution in [0.1, 0.15) is 5.56 Å². The van der Waals surface area contributed by atoms with Gasteiger partial charge in [-0.05, 0) is 17.7 Å². The molecule has 5 heteroatoms. The topological polar surface area (TPSA) is 99.2 Å². The second kappa shape index (κ2) is 4.99. The number of nitrogens with two attached hydrogens (primary N) is 1. The first kappa shape index (κ1) is 11.0. The second-order valence-corrected chi connectivity index (χ2v) is 3.10. The first-order chi connectivity index (χ1) is 7.11. The van der Waals surface area contributed by atoms with Gasteiger partial charge in [0.15, 0.2) is 5.96 Å². The zero-order valence-electron chi connectivity index (χ0n) is 8.03.